The molecule has 1 saturated carbocycles. The first kappa shape index (κ1) is 9.45. The summed E-state index contributed by atoms with van der Waals surface area (Å²) in [6.45, 7) is 0.877. The van der Waals surface area contributed by atoms with Gasteiger partial charge < -0.3 is 0 Å². The fourth-order valence-electron chi connectivity index (χ4n) is 2.83. The summed E-state index contributed by atoms with van der Waals surface area (Å²) in [6, 6.07) is 0. The Morgan fingerprint density at radius 3 is 2.54 bits per heavy atom. The Morgan fingerprint density at radius 2 is 1.85 bits per heavy atom. The van der Waals surface area contributed by atoms with Gasteiger partial charge in [-0.3, -0.25) is 5.32 Å². The number of hydrogen-bond acceptors (Lipinski definition) is 1. The molecule has 1 aliphatic heterocycles. The van der Waals surface area contributed by atoms with Gasteiger partial charge in [0.25, 0.3) is 0 Å². The summed E-state index contributed by atoms with van der Waals surface area (Å²) in [5.74, 6) is 1.15. The maximum Gasteiger partial charge on any atom is 0.154 e. The van der Waals surface area contributed by atoms with Crippen LogP contribution in [0.3, 0.4) is 0 Å². The third kappa shape index (κ3) is 2.43. The first-order chi connectivity index (χ1) is 6.36. The zero-order valence-electron chi connectivity index (χ0n) is 8.27. The van der Waals surface area contributed by atoms with Crippen molar-refractivity contribution in [2.45, 2.75) is 51.2 Å². The molecule has 2 aliphatic rings. The molecule has 2 rings (SSSR count). The molecule has 0 bridgehead atoms. The van der Waals surface area contributed by atoms with Crippen molar-refractivity contribution in [1.82, 2.24) is 5.32 Å². The van der Waals surface area contributed by atoms with Crippen molar-refractivity contribution < 1.29 is 4.39 Å². The van der Waals surface area contributed by atoms with Crippen LogP contribution < -0.4 is 5.32 Å². The summed E-state index contributed by atoms with van der Waals surface area (Å²) in [5, 5.41) is 2.94. The molecule has 0 radical (unpaired) electrons. The second-order valence-electron chi connectivity index (χ2n) is 4.64. The zero-order chi connectivity index (χ0) is 9.10. The Morgan fingerprint density at radius 1 is 1.08 bits per heavy atom. The van der Waals surface area contributed by atoms with Crippen molar-refractivity contribution in [2.75, 3.05) is 6.54 Å². The monoisotopic (exact) mass is 185 g/mol. The first-order valence-electron chi connectivity index (χ1n) is 5.74. The maximum atomic E-state index is 13.4. The van der Waals surface area contributed by atoms with Crippen LogP contribution in [-0.4, -0.2) is 12.8 Å². The van der Waals surface area contributed by atoms with Crippen LogP contribution in [0.4, 0.5) is 4.39 Å². The fraction of sp³-hybridized carbons (Fsp3) is 1.00. The highest BCUT2D eigenvalue weighted by molar-refractivity contribution is 4.78. The molecule has 0 amide bonds. The maximum absolute atomic E-state index is 13.4. The van der Waals surface area contributed by atoms with E-state index in [-0.39, 0.29) is 0 Å². The predicted octanol–water partition coefficient (Wildman–Crippen LogP) is 2.86. The average molecular weight is 185 g/mol. The van der Waals surface area contributed by atoms with E-state index in [4.69, 9.17) is 0 Å². The molecular formula is C11H20FN. The van der Waals surface area contributed by atoms with Gasteiger partial charge in [-0.1, -0.05) is 25.7 Å². The molecular weight excluding hydrogens is 165 g/mol. The summed E-state index contributed by atoms with van der Waals surface area (Å²) < 4.78 is 13.4. The van der Waals surface area contributed by atoms with Gasteiger partial charge in [0, 0.05) is 5.92 Å². The van der Waals surface area contributed by atoms with Gasteiger partial charge in [0.2, 0.25) is 0 Å². The minimum absolute atomic E-state index is 0.317. The third-order valence-corrected chi connectivity index (χ3v) is 3.62. The molecule has 2 unspecified atom stereocenters. The molecule has 1 aliphatic carbocycles. The number of halogens is 1. The first-order valence-corrected chi connectivity index (χ1v) is 5.74. The Labute approximate surface area is 80.1 Å². The summed E-state index contributed by atoms with van der Waals surface area (Å²) in [6.07, 6.45) is 8.14. The molecule has 0 spiro atoms. The smallest absolute Gasteiger partial charge is 0.154 e. The van der Waals surface area contributed by atoms with E-state index < -0.39 is 6.30 Å². The van der Waals surface area contributed by atoms with E-state index in [1.54, 1.807) is 0 Å². The lowest BCUT2D eigenvalue weighted by Crippen LogP contribution is -2.38. The van der Waals surface area contributed by atoms with E-state index in [2.05, 4.69) is 5.32 Å². The number of piperidine rings is 1. The highest BCUT2D eigenvalue weighted by atomic mass is 19.1. The standard InChI is InChI=1S/C11H20FN/c12-11-10(6-3-7-13-11)8-9-4-1-2-5-9/h9-11,13H,1-8H2. The van der Waals surface area contributed by atoms with Crippen molar-refractivity contribution in [3.05, 3.63) is 0 Å². The molecule has 1 saturated heterocycles. The molecule has 0 aromatic carbocycles. The van der Waals surface area contributed by atoms with Gasteiger partial charge in [-0.15, -0.1) is 0 Å². The van der Waals surface area contributed by atoms with E-state index in [1.807, 2.05) is 0 Å². The van der Waals surface area contributed by atoms with Gasteiger partial charge in [-0.25, -0.2) is 4.39 Å². The van der Waals surface area contributed by atoms with Crippen LogP contribution in [0.5, 0.6) is 0 Å². The lowest BCUT2D eigenvalue weighted by molar-refractivity contribution is 0.121. The van der Waals surface area contributed by atoms with E-state index in [9.17, 15) is 4.39 Å². The minimum atomic E-state index is -0.714. The van der Waals surface area contributed by atoms with Gasteiger partial charge >= 0.3 is 0 Å². The van der Waals surface area contributed by atoms with Gasteiger partial charge in [-0.05, 0) is 31.7 Å². The van der Waals surface area contributed by atoms with Gasteiger partial charge in [-0.2, -0.15) is 0 Å². The highest BCUT2D eigenvalue weighted by Crippen LogP contribution is 2.34. The fourth-order valence-corrected chi connectivity index (χ4v) is 2.83. The van der Waals surface area contributed by atoms with Crippen LogP contribution in [-0.2, 0) is 0 Å². The summed E-state index contributed by atoms with van der Waals surface area (Å²) in [4.78, 5) is 0. The number of alkyl halides is 1. The molecule has 2 atom stereocenters. The van der Waals surface area contributed by atoms with Crippen molar-refractivity contribution in [3.63, 3.8) is 0 Å². The quantitative estimate of drug-likeness (QED) is 0.652. The van der Waals surface area contributed by atoms with E-state index in [0.717, 1.165) is 31.7 Å². The van der Waals surface area contributed by atoms with Crippen LogP contribution in [0.1, 0.15) is 44.9 Å². The molecule has 0 aromatic rings. The lowest BCUT2D eigenvalue weighted by Gasteiger charge is -2.28. The van der Waals surface area contributed by atoms with Crippen molar-refractivity contribution in [1.29, 1.82) is 0 Å². The molecule has 0 aromatic heterocycles. The molecule has 2 heteroatoms. The van der Waals surface area contributed by atoms with Crippen LogP contribution >= 0.6 is 0 Å². The highest BCUT2D eigenvalue weighted by Gasteiger charge is 2.28. The average Bonchev–Trinajstić information content (AvgIpc) is 2.61. The largest absolute Gasteiger partial charge is 0.288 e. The Balaban J connectivity index is 1.78. The lowest BCUT2D eigenvalue weighted by atomic mass is 9.87. The SMILES string of the molecule is FC1NCCCC1CC1CCCC1. The molecule has 1 nitrogen and oxygen atoms in total. The predicted molar refractivity (Wildman–Crippen MR) is 52.2 cm³/mol. The van der Waals surface area contributed by atoms with Crippen LogP contribution in [0.15, 0.2) is 0 Å². The van der Waals surface area contributed by atoms with Crippen LogP contribution in [0, 0.1) is 11.8 Å². The van der Waals surface area contributed by atoms with Crippen molar-refractivity contribution >= 4 is 0 Å². The van der Waals surface area contributed by atoms with E-state index in [1.165, 1.54) is 25.7 Å². The number of nitrogens with one attached hydrogen (secondary N) is 1. The third-order valence-electron chi connectivity index (χ3n) is 3.62. The molecule has 1 N–H and O–H groups in total. The zero-order valence-corrected chi connectivity index (χ0v) is 8.27. The van der Waals surface area contributed by atoms with Crippen molar-refractivity contribution in [2.24, 2.45) is 11.8 Å². The van der Waals surface area contributed by atoms with Crippen molar-refractivity contribution in [3.8, 4) is 0 Å². The Hall–Kier alpha value is -0.110. The van der Waals surface area contributed by atoms with Crippen LogP contribution in [0.25, 0.3) is 0 Å². The molecule has 2 fully saturated rings. The topological polar surface area (TPSA) is 12.0 Å². The Bertz CT molecular complexity index is 154. The van der Waals surface area contributed by atoms with Gasteiger partial charge in [0.15, 0.2) is 6.30 Å². The summed E-state index contributed by atoms with van der Waals surface area (Å²) in [7, 11) is 0. The normalized spacial score (nSPS) is 36.7. The number of rotatable bonds is 2. The van der Waals surface area contributed by atoms with E-state index in [0.29, 0.717) is 5.92 Å². The number of hydrogen-bond donors (Lipinski definition) is 1. The summed E-state index contributed by atoms with van der Waals surface area (Å²) in [5.41, 5.74) is 0. The van der Waals surface area contributed by atoms with Crippen LogP contribution in [0.2, 0.25) is 0 Å². The minimum Gasteiger partial charge on any atom is -0.288 e. The second-order valence-corrected chi connectivity index (χ2v) is 4.64. The molecule has 76 valence electrons. The van der Waals surface area contributed by atoms with E-state index >= 15 is 0 Å². The Kier molecular flexibility index (Phi) is 3.20. The summed E-state index contributed by atoms with van der Waals surface area (Å²) >= 11 is 0. The second kappa shape index (κ2) is 4.41. The molecule has 13 heavy (non-hydrogen) atoms. The van der Waals surface area contributed by atoms with Gasteiger partial charge in [0.1, 0.15) is 0 Å². The molecule has 1 heterocycles. The van der Waals surface area contributed by atoms with Gasteiger partial charge in [0.05, 0.1) is 0 Å².